The van der Waals surface area contributed by atoms with Crippen molar-refractivity contribution in [3.63, 3.8) is 0 Å². The zero-order valence-electron chi connectivity index (χ0n) is 16.2. The number of aryl methyl sites for hydroxylation is 1. The molecule has 1 heterocycles. The van der Waals surface area contributed by atoms with E-state index in [-0.39, 0.29) is 17.6 Å². The molecule has 1 N–H and O–H groups in total. The summed E-state index contributed by atoms with van der Waals surface area (Å²) in [5.41, 5.74) is 4.50. The second-order valence-electron chi connectivity index (χ2n) is 7.07. The standard InChI is InChI=1S/C25H22N2O2/c1-18-9-8-14-21(15-18)24-17-23(27-29-24)25(28)26-22(20-12-6-3-7-13-20)16-19-10-4-2-5-11-19/h2-15,17,22H,16H2,1H3,(H,26,28). The molecule has 1 atom stereocenters. The minimum Gasteiger partial charge on any atom is -0.355 e. The summed E-state index contributed by atoms with van der Waals surface area (Å²) >= 11 is 0. The molecule has 0 spiro atoms. The van der Waals surface area contributed by atoms with Crippen LogP contribution in [0.1, 0.15) is 33.2 Å². The van der Waals surface area contributed by atoms with Gasteiger partial charge in [0.25, 0.3) is 5.91 Å². The van der Waals surface area contributed by atoms with E-state index in [4.69, 9.17) is 4.52 Å². The van der Waals surface area contributed by atoms with E-state index in [1.165, 1.54) is 0 Å². The summed E-state index contributed by atoms with van der Waals surface area (Å²) in [5.74, 6) is 0.329. The van der Waals surface area contributed by atoms with Crippen LogP contribution in [0.5, 0.6) is 0 Å². The number of carbonyl (C=O) groups is 1. The van der Waals surface area contributed by atoms with Gasteiger partial charge in [0.1, 0.15) is 0 Å². The lowest BCUT2D eigenvalue weighted by molar-refractivity contribution is 0.0927. The Hall–Kier alpha value is -3.66. The van der Waals surface area contributed by atoms with Crippen LogP contribution in [0, 0.1) is 6.92 Å². The Labute approximate surface area is 170 Å². The lowest BCUT2D eigenvalue weighted by atomic mass is 9.98. The van der Waals surface area contributed by atoms with E-state index in [1.54, 1.807) is 6.07 Å². The third-order valence-electron chi connectivity index (χ3n) is 4.84. The zero-order valence-corrected chi connectivity index (χ0v) is 16.2. The quantitative estimate of drug-likeness (QED) is 0.488. The largest absolute Gasteiger partial charge is 0.355 e. The zero-order chi connectivity index (χ0) is 20.1. The number of aromatic nitrogens is 1. The first-order valence-corrected chi connectivity index (χ1v) is 9.62. The number of rotatable bonds is 6. The average molecular weight is 382 g/mol. The fourth-order valence-electron chi connectivity index (χ4n) is 3.34. The maximum atomic E-state index is 12.9. The van der Waals surface area contributed by atoms with Crippen LogP contribution in [-0.4, -0.2) is 11.1 Å². The van der Waals surface area contributed by atoms with Crippen LogP contribution in [0.4, 0.5) is 0 Å². The molecule has 0 aliphatic carbocycles. The molecule has 1 amide bonds. The Kier molecular flexibility index (Phi) is 5.52. The Morgan fingerprint density at radius 2 is 1.66 bits per heavy atom. The molecule has 0 saturated heterocycles. The number of benzene rings is 3. The van der Waals surface area contributed by atoms with E-state index in [0.717, 1.165) is 22.3 Å². The van der Waals surface area contributed by atoms with Crippen LogP contribution in [0.3, 0.4) is 0 Å². The van der Waals surface area contributed by atoms with Crippen LogP contribution in [0.2, 0.25) is 0 Å². The number of carbonyl (C=O) groups excluding carboxylic acids is 1. The second kappa shape index (κ2) is 8.57. The highest BCUT2D eigenvalue weighted by Gasteiger charge is 2.19. The molecule has 1 aromatic heterocycles. The third-order valence-corrected chi connectivity index (χ3v) is 4.84. The number of amides is 1. The Bertz CT molecular complexity index is 1090. The van der Waals surface area contributed by atoms with Crippen molar-refractivity contribution in [3.05, 3.63) is 113 Å². The van der Waals surface area contributed by atoms with Gasteiger partial charge in [-0.15, -0.1) is 0 Å². The topological polar surface area (TPSA) is 55.1 Å². The van der Waals surface area contributed by atoms with E-state index in [1.807, 2.05) is 79.7 Å². The highest BCUT2D eigenvalue weighted by atomic mass is 16.5. The van der Waals surface area contributed by atoms with Gasteiger partial charge in [-0.25, -0.2) is 0 Å². The van der Waals surface area contributed by atoms with Gasteiger partial charge in [0, 0.05) is 11.6 Å². The maximum Gasteiger partial charge on any atom is 0.273 e. The first kappa shape index (κ1) is 18.7. The second-order valence-corrected chi connectivity index (χ2v) is 7.07. The minimum absolute atomic E-state index is 0.162. The van der Waals surface area contributed by atoms with Crippen molar-refractivity contribution in [2.45, 2.75) is 19.4 Å². The van der Waals surface area contributed by atoms with Gasteiger partial charge in [0.05, 0.1) is 6.04 Å². The van der Waals surface area contributed by atoms with Gasteiger partial charge in [-0.2, -0.15) is 0 Å². The number of nitrogens with zero attached hydrogens (tertiary/aromatic N) is 1. The molecule has 4 rings (SSSR count). The minimum atomic E-state index is -0.252. The molecule has 4 aromatic rings. The smallest absolute Gasteiger partial charge is 0.273 e. The van der Waals surface area contributed by atoms with Crippen molar-refractivity contribution in [1.29, 1.82) is 0 Å². The van der Waals surface area contributed by atoms with Crippen LogP contribution in [0.15, 0.2) is 95.5 Å². The summed E-state index contributed by atoms with van der Waals surface area (Å²) in [6, 6.07) is 29.5. The Morgan fingerprint density at radius 1 is 0.931 bits per heavy atom. The van der Waals surface area contributed by atoms with E-state index < -0.39 is 0 Å². The maximum absolute atomic E-state index is 12.9. The summed E-state index contributed by atoms with van der Waals surface area (Å²) in [5, 5.41) is 7.10. The molecule has 3 aromatic carbocycles. The van der Waals surface area contributed by atoms with Crippen molar-refractivity contribution >= 4 is 5.91 Å². The van der Waals surface area contributed by atoms with Crippen LogP contribution >= 0.6 is 0 Å². The first-order valence-electron chi connectivity index (χ1n) is 9.62. The van der Waals surface area contributed by atoms with Gasteiger partial charge in [-0.1, -0.05) is 89.6 Å². The summed E-state index contributed by atoms with van der Waals surface area (Å²) in [7, 11) is 0. The summed E-state index contributed by atoms with van der Waals surface area (Å²) < 4.78 is 5.42. The monoisotopic (exact) mass is 382 g/mol. The van der Waals surface area contributed by atoms with Crippen molar-refractivity contribution < 1.29 is 9.32 Å². The Morgan fingerprint density at radius 3 is 2.38 bits per heavy atom. The van der Waals surface area contributed by atoms with E-state index in [0.29, 0.717) is 12.2 Å². The molecule has 0 aliphatic rings. The highest BCUT2D eigenvalue weighted by molar-refractivity contribution is 5.93. The number of hydrogen-bond donors (Lipinski definition) is 1. The fourth-order valence-corrected chi connectivity index (χ4v) is 3.34. The van der Waals surface area contributed by atoms with E-state index in [9.17, 15) is 4.79 Å². The molecule has 0 saturated carbocycles. The molecule has 0 bridgehead atoms. The van der Waals surface area contributed by atoms with Crippen molar-refractivity contribution in [2.24, 2.45) is 0 Å². The SMILES string of the molecule is Cc1cccc(-c2cc(C(=O)NC(Cc3ccccc3)c3ccccc3)no2)c1. The fraction of sp³-hybridized carbons (Fsp3) is 0.120. The molecule has 29 heavy (non-hydrogen) atoms. The van der Waals surface area contributed by atoms with Crippen molar-refractivity contribution in [2.75, 3.05) is 0 Å². The van der Waals surface area contributed by atoms with Crippen molar-refractivity contribution in [3.8, 4) is 11.3 Å². The predicted octanol–water partition coefficient (Wildman–Crippen LogP) is 5.36. The lowest BCUT2D eigenvalue weighted by Crippen LogP contribution is -2.30. The van der Waals surface area contributed by atoms with Gasteiger partial charge in [0.2, 0.25) is 0 Å². The van der Waals surface area contributed by atoms with Gasteiger partial charge in [-0.3, -0.25) is 4.79 Å². The molecular formula is C25H22N2O2. The van der Waals surface area contributed by atoms with E-state index >= 15 is 0 Å². The van der Waals surface area contributed by atoms with Gasteiger partial charge in [0.15, 0.2) is 11.5 Å². The van der Waals surface area contributed by atoms with Crippen molar-refractivity contribution in [1.82, 2.24) is 10.5 Å². The summed E-state index contributed by atoms with van der Waals surface area (Å²) in [6.45, 7) is 2.02. The first-order chi connectivity index (χ1) is 14.2. The molecular weight excluding hydrogens is 360 g/mol. The van der Waals surface area contributed by atoms with Crippen LogP contribution in [0.25, 0.3) is 11.3 Å². The number of hydrogen-bond acceptors (Lipinski definition) is 3. The molecule has 4 heteroatoms. The molecule has 4 nitrogen and oxygen atoms in total. The molecule has 0 fully saturated rings. The molecule has 0 aliphatic heterocycles. The van der Waals surface area contributed by atoms with Crippen LogP contribution in [-0.2, 0) is 6.42 Å². The lowest BCUT2D eigenvalue weighted by Gasteiger charge is -2.19. The van der Waals surface area contributed by atoms with Gasteiger partial charge >= 0.3 is 0 Å². The average Bonchev–Trinajstić information content (AvgIpc) is 3.25. The summed E-state index contributed by atoms with van der Waals surface area (Å²) in [4.78, 5) is 12.9. The van der Waals surface area contributed by atoms with E-state index in [2.05, 4.69) is 22.6 Å². The molecule has 0 radical (unpaired) electrons. The number of nitrogens with one attached hydrogen (secondary N) is 1. The van der Waals surface area contributed by atoms with Crippen LogP contribution < -0.4 is 5.32 Å². The normalized spacial score (nSPS) is 11.8. The predicted molar refractivity (Wildman–Crippen MR) is 113 cm³/mol. The van der Waals surface area contributed by atoms with Gasteiger partial charge < -0.3 is 9.84 Å². The highest BCUT2D eigenvalue weighted by Crippen LogP contribution is 2.23. The molecule has 144 valence electrons. The summed E-state index contributed by atoms with van der Waals surface area (Å²) in [6.07, 6.45) is 0.694. The third kappa shape index (κ3) is 4.61. The van der Waals surface area contributed by atoms with Gasteiger partial charge in [-0.05, 0) is 30.5 Å². The molecule has 1 unspecified atom stereocenters. The Balaban J connectivity index is 1.55.